The van der Waals surface area contributed by atoms with E-state index >= 15 is 0 Å². The number of pyridine rings is 1. The van der Waals surface area contributed by atoms with E-state index < -0.39 is 0 Å². The zero-order valence-corrected chi connectivity index (χ0v) is 11.4. The van der Waals surface area contributed by atoms with E-state index in [1.54, 1.807) is 20.4 Å². The van der Waals surface area contributed by atoms with E-state index in [9.17, 15) is 4.79 Å². The van der Waals surface area contributed by atoms with E-state index in [0.29, 0.717) is 12.2 Å². The van der Waals surface area contributed by atoms with Crippen molar-refractivity contribution in [2.75, 3.05) is 26.1 Å². The van der Waals surface area contributed by atoms with Crippen LogP contribution in [0.1, 0.15) is 29.4 Å². The van der Waals surface area contributed by atoms with Crippen LogP contribution in [0.15, 0.2) is 12.3 Å². The molecule has 1 unspecified atom stereocenters. The van der Waals surface area contributed by atoms with Crippen molar-refractivity contribution in [2.45, 2.75) is 26.3 Å². The molecule has 0 aliphatic carbocycles. The summed E-state index contributed by atoms with van der Waals surface area (Å²) in [6.07, 6.45) is 2.38. The van der Waals surface area contributed by atoms with Crippen molar-refractivity contribution < 1.29 is 9.53 Å². The minimum absolute atomic E-state index is 0.0726. The van der Waals surface area contributed by atoms with E-state index in [1.165, 1.54) is 0 Å². The molecule has 0 aromatic carbocycles. The van der Waals surface area contributed by atoms with Crippen LogP contribution in [0.3, 0.4) is 0 Å². The monoisotopic (exact) mass is 251 g/mol. The predicted octanol–water partition coefficient (Wildman–Crippen LogP) is 1.59. The van der Waals surface area contributed by atoms with E-state index in [2.05, 4.69) is 15.6 Å². The number of aromatic nitrogens is 1. The Morgan fingerprint density at radius 1 is 1.56 bits per heavy atom. The third-order valence-corrected chi connectivity index (χ3v) is 2.69. The molecule has 0 fully saturated rings. The smallest absolute Gasteiger partial charge is 0.255 e. The molecule has 0 spiro atoms. The number of methoxy groups -OCH3 is 1. The molecule has 0 saturated carbocycles. The lowest BCUT2D eigenvalue weighted by atomic mass is 10.1. The van der Waals surface area contributed by atoms with Crippen LogP contribution < -0.4 is 10.6 Å². The summed E-state index contributed by atoms with van der Waals surface area (Å²) in [6.45, 7) is 4.48. The molecular weight excluding hydrogens is 230 g/mol. The number of carbonyl (C=O) groups excluding carboxylic acids is 1. The Labute approximate surface area is 108 Å². The summed E-state index contributed by atoms with van der Waals surface area (Å²) in [4.78, 5) is 16.2. The summed E-state index contributed by atoms with van der Waals surface area (Å²) in [5.41, 5.74) is 2.23. The molecule has 5 heteroatoms. The third kappa shape index (κ3) is 4.00. The Morgan fingerprint density at radius 2 is 2.28 bits per heavy atom. The van der Waals surface area contributed by atoms with Crippen molar-refractivity contribution in [3.63, 3.8) is 0 Å². The van der Waals surface area contributed by atoms with Crippen molar-refractivity contribution in [1.82, 2.24) is 10.3 Å². The molecule has 1 aromatic heterocycles. The fourth-order valence-electron chi connectivity index (χ4n) is 1.62. The van der Waals surface area contributed by atoms with Crippen molar-refractivity contribution in [2.24, 2.45) is 0 Å². The van der Waals surface area contributed by atoms with Gasteiger partial charge in [-0.05, 0) is 26.3 Å². The molecule has 18 heavy (non-hydrogen) atoms. The fourth-order valence-corrected chi connectivity index (χ4v) is 1.62. The quantitative estimate of drug-likeness (QED) is 0.806. The molecule has 5 nitrogen and oxygen atoms in total. The number of hydrogen-bond acceptors (Lipinski definition) is 4. The number of carbonyl (C=O) groups is 1. The van der Waals surface area contributed by atoms with Gasteiger partial charge in [0.15, 0.2) is 0 Å². The Bertz CT molecular complexity index is 407. The highest BCUT2D eigenvalue weighted by molar-refractivity contribution is 5.99. The SMILES string of the molecule is CNc1cc(C)ncc1C(=O)NC(C)CCOC. The summed E-state index contributed by atoms with van der Waals surface area (Å²) in [5, 5.41) is 5.93. The van der Waals surface area contributed by atoms with Gasteiger partial charge in [-0.2, -0.15) is 0 Å². The van der Waals surface area contributed by atoms with Gasteiger partial charge in [-0.15, -0.1) is 0 Å². The van der Waals surface area contributed by atoms with E-state index in [4.69, 9.17) is 4.74 Å². The molecule has 100 valence electrons. The topological polar surface area (TPSA) is 63.2 Å². The van der Waals surface area contributed by atoms with Crippen molar-refractivity contribution in [3.8, 4) is 0 Å². The third-order valence-electron chi connectivity index (χ3n) is 2.69. The first kappa shape index (κ1) is 14.4. The molecule has 0 radical (unpaired) electrons. The first-order valence-corrected chi connectivity index (χ1v) is 6.02. The molecule has 1 amide bonds. The molecule has 0 saturated heterocycles. The number of ether oxygens (including phenoxy) is 1. The first-order chi connectivity index (χ1) is 8.58. The number of anilines is 1. The largest absolute Gasteiger partial charge is 0.387 e. The molecule has 0 bridgehead atoms. The second-order valence-electron chi connectivity index (χ2n) is 4.28. The summed E-state index contributed by atoms with van der Waals surface area (Å²) in [5.74, 6) is -0.115. The van der Waals surface area contributed by atoms with Gasteiger partial charge in [-0.25, -0.2) is 0 Å². The minimum atomic E-state index is -0.115. The van der Waals surface area contributed by atoms with Gasteiger partial charge in [0.1, 0.15) is 0 Å². The van der Waals surface area contributed by atoms with Crippen molar-refractivity contribution in [3.05, 3.63) is 23.5 Å². The van der Waals surface area contributed by atoms with Gasteiger partial charge in [0.2, 0.25) is 0 Å². The van der Waals surface area contributed by atoms with Gasteiger partial charge >= 0.3 is 0 Å². The van der Waals surface area contributed by atoms with Gasteiger partial charge in [-0.3, -0.25) is 9.78 Å². The van der Waals surface area contributed by atoms with Gasteiger partial charge in [0.25, 0.3) is 5.91 Å². The average Bonchev–Trinajstić information content (AvgIpc) is 2.35. The summed E-state index contributed by atoms with van der Waals surface area (Å²) in [7, 11) is 3.44. The maximum atomic E-state index is 12.1. The number of nitrogens with zero attached hydrogens (tertiary/aromatic N) is 1. The van der Waals surface area contributed by atoms with Gasteiger partial charge in [0, 0.05) is 38.7 Å². The normalized spacial score (nSPS) is 12.0. The Balaban J connectivity index is 2.72. The Kier molecular flexibility index (Phi) is 5.58. The second kappa shape index (κ2) is 6.96. The summed E-state index contributed by atoms with van der Waals surface area (Å²) >= 11 is 0. The van der Waals surface area contributed by atoms with Crippen LogP contribution in [0.25, 0.3) is 0 Å². The highest BCUT2D eigenvalue weighted by Crippen LogP contribution is 2.15. The minimum Gasteiger partial charge on any atom is -0.387 e. The van der Waals surface area contributed by atoms with Gasteiger partial charge < -0.3 is 15.4 Å². The van der Waals surface area contributed by atoms with Crippen molar-refractivity contribution in [1.29, 1.82) is 0 Å². The maximum Gasteiger partial charge on any atom is 0.255 e. The Hall–Kier alpha value is -1.62. The Morgan fingerprint density at radius 3 is 2.89 bits per heavy atom. The predicted molar refractivity (Wildman–Crippen MR) is 71.9 cm³/mol. The number of nitrogens with one attached hydrogen (secondary N) is 2. The van der Waals surface area contributed by atoms with E-state index in [1.807, 2.05) is 19.9 Å². The number of amides is 1. The lowest BCUT2D eigenvalue weighted by Gasteiger charge is -2.15. The molecule has 1 heterocycles. The molecule has 1 aromatic rings. The molecular formula is C13H21N3O2. The van der Waals surface area contributed by atoms with Crippen LogP contribution in [-0.4, -0.2) is 37.7 Å². The molecule has 0 aliphatic heterocycles. The van der Waals surface area contributed by atoms with E-state index in [-0.39, 0.29) is 11.9 Å². The highest BCUT2D eigenvalue weighted by Gasteiger charge is 2.13. The summed E-state index contributed by atoms with van der Waals surface area (Å²) < 4.78 is 4.98. The van der Waals surface area contributed by atoms with Gasteiger partial charge in [0.05, 0.1) is 11.3 Å². The first-order valence-electron chi connectivity index (χ1n) is 6.02. The number of rotatable bonds is 6. The van der Waals surface area contributed by atoms with Crippen LogP contribution in [-0.2, 0) is 4.74 Å². The van der Waals surface area contributed by atoms with E-state index in [0.717, 1.165) is 17.8 Å². The van der Waals surface area contributed by atoms with Crippen LogP contribution in [0, 0.1) is 6.92 Å². The van der Waals surface area contributed by atoms with Crippen LogP contribution >= 0.6 is 0 Å². The molecule has 2 N–H and O–H groups in total. The van der Waals surface area contributed by atoms with Crippen LogP contribution in [0.4, 0.5) is 5.69 Å². The highest BCUT2D eigenvalue weighted by atomic mass is 16.5. The maximum absolute atomic E-state index is 12.1. The second-order valence-corrected chi connectivity index (χ2v) is 4.28. The lowest BCUT2D eigenvalue weighted by Crippen LogP contribution is -2.33. The zero-order chi connectivity index (χ0) is 13.5. The number of aryl methyl sites for hydroxylation is 1. The number of hydrogen-bond donors (Lipinski definition) is 2. The average molecular weight is 251 g/mol. The lowest BCUT2D eigenvalue weighted by molar-refractivity contribution is 0.0930. The summed E-state index contributed by atoms with van der Waals surface area (Å²) in [6, 6.07) is 1.93. The van der Waals surface area contributed by atoms with Crippen LogP contribution in [0.5, 0.6) is 0 Å². The van der Waals surface area contributed by atoms with Crippen LogP contribution in [0.2, 0.25) is 0 Å². The van der Waals surface area contributed by atoms with Gasteiger partial charge in [-0.1, -0.05) is 0 Å². The molecule has 1 atom stereocenters. The standard InChI is InChI=1S/C13H21N3O2/c1-9(5-6-18-4)16-13(17)11-8-15-10(2)7-12(11)14-3/h7-9H,5-6H2,1-4H3,(H,14,15)(H,16,17). The zero-order valence-electron chi connectivity index (χ0n) is 11.4. The molecule has 0 aliphatic rings. The molecule has 1 rings (SSSR count). The van der Waals surface area contributed by atoms with Crippen molar-refractivity contribution >= 4 is 11.6 Å². The fraction of sp³-hybridized carbons (Fsp3) is 0.538.